The minimum Gasteiger partial charge on any atom is -0.379 e. The number of carbonyl (C=O) groups excluding carboxylic acids is 1. The molecule has 1 aromatic carbocycles. The molecule has 5 rings (SSSR count). The smallest absolute Gasteiger partial charge is 0.226 e. The van der Waals surface area contributed by atoms with Crippen molar-refractivity contribution in [3.05, 3.63) is 35.9 Å². The number of morpholine rings is 1. The van der Waals surface area contributed by atoms with Crippen molar-refractivity contribution in [3.8, 4) is 0 Å². The van der Waals surface area contributed by atoms with Gasteiger partial charge in [-0.05, 0) is 11.0 Å². The minimum absolute atomic E-state index is 0.00994. The molecule has 0 N–H and O–H groups in total. The van der Waals surface area contributed by atoms with Gasteiger partial charge in [-0.2, -0.15) is 0 Å². The SMILES string of the molecule is CC(C)(CN1CCOCC1)CN1CC[C@@]23O[C@H](c4ccccc4)CN2C(=O)C[C@@H]13. The van der Waals surface area contributed by atoms with E-state index < -0.39 is 5.72 Å². The predicted molar refractivity (Wildman–Crippen MR) is 110 cm³/mol. The molecule has 0 unspecified atom stereocenters. The van der Waals surface area contributed by atoms with Crippen molar-refractivity contribution < 1.29 is 14.3 Å². The largest absolute Gasteiger partial charge is 0.379 e. The van der Waals surface area contributed by atoms with E-state index in [1.165, 1.54) is 5.56 Å². The highest BCUT2D eigenvalue weighted by Crippen LogP contribution is 2.51. The highest BCUT2D eigenvalue weighted by Gasteiger charge is 2.64. The summed E-state index contributed by atoms with van der Waals surface area (Å²) in [4.78, 5) is 20.0. The number of ether oxygens (including phenoxy) is 2. The number of carbonyl (C=O) groups is 1. The van der Waals surface area contributed by atoms with Gasteiger partial charge in [-0.25, -0.2) is 0 Å². The standard InChI is InChI=1S/C23H33N3O3/c1-22(2,16-24-10-12-28-13-11-24)17-25-9-8-23-20(25)14-21(27)26(23)15-19(29-23)18-6-4-3-5-7-18/h3-7,19-20H,8-17H2,1-2H3/t19-,20+,23-/m0/s1. The van der Waals surface area contributed by atoms with Crippen LogP contribution in [0.25, 0.3) is 0 Å². The van der Waals surface area contributed by atoms with Crippen LogP contribution in [0, 0.1) is 5.41 Å². The van der Waals surface area contributed by atoms with Gasteiger partial charge in [0.25, 0.3) is 0 Å². The zero-order valence-corrected chi connectivity index (χ0v) is 17.7. The van der Waals surface area contributed by atoms with Gasteiger partial charge in [0.2, 0.25) is 5.91 Å². The highest BCUT2D eigenvalue weighted by atomic mass is 16.5. The molecule has 0 bridgehead atoms. The van der Waals surface area contributed by atoms with E-state index in [9.17, 15) is 4.79 Å². The molecule has 0 saturated carbocycles. The normalized spacial score (nSPS) is 33.3. The predicted octanol–water partition coefficient (Wildman–Crippen LogP) is 2.12. The van der Waals surface area contributed by atoms with Gasteiger partial charge in [0.05, 0.1) is 25.8 Å². The van der Waals surface area contributed by atoms with Crippen molar-refractivity contribution in [2.75, 3.05) is 52.5 Å². The van der Waals surface area contributed by atoms with Crippen LogP contribution < -0.4 is 0 Å². The van der Waals surface area contributed by atoms with Crippen LogP contribution in [0.3, 0.4) is 0 Å². The Bertz CT molecular complexity index is 749. The third-order valence-electron chi connectivity index (χ3n) is 7.10. The molecule has 1 amide bonds. The molecule has 3 atom stereocenters. The Morgan fingerprint density at radius 3 is 2.62 bits per heavy atom. The van der Waals surface area contributed by atoms with E-state index in [4.69, 9.17) is 9.47 Å². The van der Waals surface area contributed by atoms with Crippen molar-refractivity contribution in [2.24, 2.45) is 5.41 Å². The first-order valence-corrected chi connectivity index (χ1v) is 11.0. The molecular formula is C23H33N3O3. The van der Waals surface area contributed by atoms with Crippen molar-refractivity contribution in [1.29, 1.82) is 0 Å². The molecule has 1 aromatic rings. The lowest BCUT2D eigenvalue weighted by molar-refractivity contribution is -0.138. The fraction of sp³-hybridized carbons (Fsp3) is 0.696. The monoisotopic (exact) mass is 399 g/mol. The first-order chi connectivity index (χ1) is 14.0. The molecule has 6 nitrogen and oxygen atoms in total. The molecule has 6 heteroatoms. The first-order valence-electron chi connectivity index (χ1n) is 11.0. The zero-order valence-electron chi connectivity index (χ0n) is 17.7. The Hall–Kier alpha value is -1.47. The Balaban J connectivity index is 1.29. The molecule has 158 valence electrons. The maximum absolute atomic E-state index is 12.9. The van der Waals surface area contributed by atoms with Crippen LogP contribution in [0.15, 0.2) is 30.3 Å². The first kappa shape index (κ1) is 19.5. The summed E-state index contributed by atoms with van der Waals surface area (Å²) in [5.74, 6) is 0.254. The lowest BCUT2D eigenvalue weighted by Crippen LogP contribution is -2.50. The maximum Gasteiger partial charge on any atom is 0.226 e. The maximum atomic E-state index is 12.9. The van der Waals surface area contributed by atoms with E-state index in [-0.39, 0.29) is 23.5 Å². The number of likely N-dealkylation sites (tertiary alicyclic amines) is 1. The van der Waals surface area contributed by atoms with Gasteiger partial charge in [0, 0.05) is 45.6 Å². The molecule has 4 fully saturated rings. The van der Waals surface area contributed by atoms with Crippen LogP contribution >= 0.6 is 0 Å². The number of hydrogen-bond acceptors (Lipinski definition) is 5. The fourth-order valence-electron chi connectivity index (χ4n) is 5.90. The minimum atomic E-state index is -0.424. The van der Waals surface area contributed by atoms with Gasteiger partial charge in [0.15, 0.2) is 5.72 Å². The van der Waals surface area contributed by atoms with Crippen LogP contribution in [0.1, 0.15) is 38.4 Å². The quantitative estimate of drug-likeness (QED) is 0.759. The molecular weight excluding hydrogens is 366 g/mol. The lowest BCUT2D eigenvalue weighted by atomic mass is 9.91. The third kappa shape index (κ3) is 3.50. The fourth-order valence-corrected chi connectivity index (χ4v) is 5.90. The Kier molecular flexibility index (Phi) is 4.93. The molecule has 0 aliphatic carbocycles. The van der Waals surface area contributed by atoms with Gasteiger partial charge >= 0.3 is 0 Å². The molecule has 0 aromatic heterocycles. The van der Waals surface area contributed by atoms with Gasteiger partial charge in [-0.15, -0.1) is 0 Å². The summed E-state index contributed by atoms with van der Waals surface area (Å²) in [7, 11) is 0. The molecule has 29 heavy (non-hydrogen) atoms. The third-order valence-corrected chi connectivity index (χ3v) is 7.10. The lowest BCUT2D eigenvalue weighted by Gasteiger charge is -2.39. The Morgan fingerprint density at radius 2 is 1.86 bits per heavy atom. The Morgan fingerprint density at radius 1 is 1.10 bits per heavy atom. The van der Waals surface area contributed by atoms with Crippen LogP contribution in [0.2, 0.25) is 0 Å². The van der Waals surface area contributed by atoms with Crippen molar-refractivity contribution in [3.63, 3.8) is 0 Å². The molecule has 4 heterocycles. The number of rotatable bonds is 5. The van der Waals surface area contributed by atoms with E-state index >= 15 is 0 Å². The van der Waals surface area contributed by atoms with Crippen LogP contribution in [-0.4, -0.2) is 84.9 Å². The summed E-state index contributed by atoms with van der Waals surface area (Å²) in [6.07, 6.45) is 1.50. The second-order valence-electron chi connectivity index (χ2n) is 9.86. The van der Waals surface area contributed by atoms with Gasteiger partial charge in [-0.1, -0.05) is 44.2 Å². The highest BCUT2D eigenvalue weighted by molar-refractivity contribution is 5.81. The van der Waals surface area contributed by atoms with Gasteiger partial charge in [-0.3, -0.25) is 14.6 Å². The van der Waals surface area contributed by atoms with E-state index in [0.717, 1.165) is 52.4 Å². The average Bonchev–Trinajstić information content (AvgIpc) is 3.32. The number of hydrogen-bond donors (Lipinski definition) is 0. The second kappa shape index (κ2) is 7.34. The van der Waals surface area contributed by atoms with E-state index in [1.54, 1.807) is 0 Å². The number of nitrogens with zero attached hydrogens (tertiary/aromatic N) is 3. The summed E-state index contributed by atoms with van der Waals surface area (Å²) < 4.78 is 12.2. The summed E-state index contributed by atoms with van der Waals surface area (Å²) in [5, 5.41) is 0. The molecule has 1 spiro atoms. The van der Waals surface area contributed by atoms with E-state index in [1.807, 2.05) is 23.1 Å². The zero-order chi connectivity index (χ0) is 20.1. The van der Waals surface area contributed by atoms with Crippen molar-refractivity contribution >= 4 is 5.91 Å². The van der Waals surface area contributed by atoms with Gasteiger partial charge in [0.1, 0.15) is 6.10 Å². The van der Waals surface area contributed by atoms with Crippen LogP contribution in [0.5, 0.6) is 0 Å². The van der Waals surface area contributed by atoms with Crippen LogP contribution in [0.4, 0.5) is 0 Å². The molecule has 0 radical (unpaired) electrons. The van der Waals surface area contributed by atoms with Crippen molar-refractivity contribution in [1.82, 2.24) is 14.7 Å². The van der Waals surface area contributed by atoms with Crippen LogP contribution in [-0.2, 0) is 14.3 Å². The Labute approximate surface area is 173 Å². The number of amides is 1. The second-order valence-corrected chi connectivity index (χ2v) is 9.86. The van der Waals surface area contributed by atoms with Crippen molar-refractivity contribution in [2.45, 2.75) is 44.6 Å². The van der Waals surface area contributed by atoms with E-state index in [2.05, 4.69) is 35.8 Å². The summed E-state index contributed by atoms with van der Waals surface area (Å²) in [6.45, 7) is 12.2. The molecule has 4 saturated heterocycles. The van der Waals surface area contributed by atoms with Gasteiger partial charge < -0.3 is 14.4 Å². The topological polar surface area (TPSA) is 45.2 Å². The summed E-state index contributed by atoms with van der Waals surface area (Å²) >= 11 is 0. The molecule has 4 aliphatic heterocycles. The van der Waals surface area contributed by atoms with E-state index in [0.29, 0.717) is 13.0 Å². The molecule has 4 aliphatic rings. The summed E-state index contributed by atoms with van der Waals surface area (Å²) in [6, 6.07) is 10.5. The summed E-state index contributed by atoms with van der Waals surface area (Å²) in [5.41, 5.74) is 0.914. The number of benzene rings is 1. The average molecular weight is 400 g/mol.